The number of rotatable bonds is 4. The SMILES string of the molecule is CC(C)(F)CN1CCC(NC(=O)n2ncc3cc(-c4cncc(Cl)c4)ccc32)CC1. The number of hydrogen-bond acceptors (Lipinski definition) is 4. The second-order valence-corrected chi connectivity index (χ2v) is 8.88. The number of likely N-dealkylation sites (tertiary alicyclic amines) is 1. The number of halogens is 2. The Balaban J connectivity index is 1.43. The van der Waals surface area contributed by atoms with Crippen LogP contribution < -0.4 is 5.32 Å². The van der Waals surface area contributed by atoms with Crippen LogP contribution in [-0.4, -0.2) is 57.0 Å². The van der Waals surface area contributed by atoms with E-state index in [1.165, 1.54) is 4.68 Å². The van der Waals surface area contributed by atoms with Crippen molar-refractivity contribution in [3.63, 3.8) is 0 Å². The maximum atomic E-state index is 13.8. The molecule has 0 radical (unpaired) electrons. The average molecular weight is 430 g/mol. The second kappa shape index (κ2) is 8.32. The summed E-state index contributed by atoms with van der Waals surface area (Å²) in [5.74, 6) is 0. The van der Waals surface area contributed by atoms with Gasteiger partial charge in [0.05, 0.1) is 16.7 Å². The third-order valence-corrected chi connectivity index (χ3v) is 5.52. The molecule has 30 heavy (non-hydrogen) atoms. The van der Waals surface area contributed by atoms with Crippen LogP contribution in [0.1, 0.15) is 26.7 Å². The Bertz CT molecular complexity index is 1050. The molecule has 158 valence electrons. The zero-order valence-electron chi connectivity index (χ0n) is 17.1. The molecular weight excluding hydrogens is 405 g/mol. The Morgan fingerprint density at radius 2 is 1.97 bits per heavy atom. The van der Waals surface area contributed by atoms with E-state index < -0.39 is 5.67 Å². The molecule has 1 fully saturated rings. The summed E-state index contributed by atoms with van der Waals surface area (Å²) in [6.45, 7) is 5.16. The summed E-state index contributed by atoms with van der Waals surface area (Å²) >= 11 is 6.04. The lowest BCUT2D eigenvalue weighted by Gasteiger charge is -2.34. The molecule has 6 nitrogen and oxygen atoms in total. The van der Waals surface area contributed by atoms with Gasteiger partial charge in [-0.05, 0) is 50.5 Å². The quantitative estimate of drug-likeness (QED) is 0.662. The molecule has 0 bridgehead atoms. The van der Waals surface area contributed by atoms with Crippen molar-refractivity contribution in [2.75, 3.05) is 19.6 Å². The number of fused-ring (bicyclic) bond motifs is 1. The van der Waals surface area contributed by atoms with E-state index in [0.717, 1.165) is 48.0 Å². The summed E-state index contributed by atoms with van der Waals surface area (Å²) < 4.78 is 15.2. The number of benzene rings is 1. The van der Waals surface area contributed by atoms with Crippen molar-refractivity contribution >= 4 is 28.5 Å². The summed E-state index contributed by atoms with van der Waals surface area (Å²) in [7, 11) is 0. The first-order chi connectivity index (χ1) is 14.3. The van der Waals surface area contributed by atoms with Crippen LogP contribution >= 0.6 is 11.6 Å². The first kappa shape index (κ1) is 20.8. The van der Waals surface area contributed by atoms with Crippen molar-refractivity contribution in [3.8, 4) is 11.1 Å². The van der Waals surface area contributed by atoms with E-state index in [-0.39, 0.29) is 12.1 Å². The first-order valence-electron chi connectivity index (χ1n) is 10.1. The minimum absolute atomic E-state index is 0.0625. The molecule has 0 saturated carbocycles. The summed E-state index contributed by atoms with van der Waals surface area (Å²) in [6, 6.07) is 7.45. The van der Waals surface area contributed by atoms with Crippen molar-refractivity contribution in [2.24, 2.45) is 0 Å². The van der Waals surface area contributed by atoms with Gasteiger partial charge in [-0.2, -0.15) is 9.78 Å². The van der Waals surface area contributed by atoms with E-state index in [1.807, 2.05) is 24.3 Å². The maximum absolute atomic E-state index is 13.8. The maximum Gasteiger partial charge on any atom is 0.342 e. The molecule has 3 heterocycles. The highest BCUT2D eigenvalue weighted by Crippen LogP contribution is 2.26. The molecule has 1 amide bonds. The number of piperidine rings is 1. The van der Waals surface area contributed by atoms with Gasteiger partial charge in [0.1, 0.15) is 5.67 Å². The highest BCUT2D eigenvalue weighted by Gasteiger charge is 2.26. The van der Waals surface area contributed by atoms with Gasteiger partial charge in [0.2, 0.25) is 0 Å². The van der Waals surface area contributed by atoms with Crippen LogP contribution in [0.5, 0.6) is 0 Å². The van der Waals surface area contributed by atoms with Gasteiger partial charge in [-0.25, -0.2) is 9.18 Å². The van der Waals surface area contributed by atoms with Gasteiger partial charge in [-0.15, -0.1) is 0 Å². The van der Waals surface area contributed by atoms with Crippen molar-refractivity contribution in [2.45, 2.75) is 38.4 Å². The molecule has 1 aromatic carbocycles. The number of alkyl halides is 1. The Hall–Kier alpha value is -2.51. The fourth-order valence-corrected chi connectivity index (χ4v) is 4.12. The normalized spacial score (nSPS) is 16.1. The molecular formula is C22H25ClFN5O. The van der Waals surface area contributed by atoms with Gasteiger partial charge in [0, 0.05) is 49.0 Å². The van der Waals surface area contributed by atoms with Crippen LogP contribution in [0, 0.1) is 0 Å². The van der Waals surface area contributed by atoms with E-state index in [4.69, 9.17) is 11.6 Å². The molecule has 2 aromatic heterocycles. The summed E-state index contributed by atoms with van der Waals surface area (Å²) in [5.41, 5.74) is 1.40. The van der Waals surface area contributed by atoms with Crippen LogP contribution in [0.15, 0.2) is 42.9 Å². The number of aromatic nitrogens is 3. The monoisotopic (exact) mass is 429 g/mol. The van der Waals surface area contributed by atoms with Crippen LogP contribution in [0.4, 0.5) is 9.18 Å². The standard InChI is InChI=1S/C22H25ClFN5O/c1-22(2,24)14-28-7-5-19(6-8-28)27-21(30)29-20-4-3-15(9-17(20)12-26-29)16-10-18(23)13-25-11-16/h3-4,9-13,19H,5-8,14H2,1-2H3,(H,27,30). The second-order valence-electron chi connectivity index (χ2n) is 8.44. The van der Waals surface area contributed by atoms with E-state index in [0.29, 0.717) is 11.6 Å². The van der Waals surface area contributed by atoms with Gasteiger partial charge in [-0.3, -0.25) is 4.98 Å². The van der Waals surface area contributed by atoms with E-state index >= 15 is 0 Å². The minimum Gasteiger partial charge on any atom is -0.333 e. The van der Waals surface area contributed by atoms with Crippen LogP contribution in [0.2, 0.25) is 5.02 Å². The molecule has 1 saturated heterocycles. The fourth-order valence-electron chi connectivity index (χ4n) is 3.95. The van der Waals surface area contributed by atoms with E-state index in [1.54, 1.807) is 32.4 Å². The molecule has 1 N–H and O–H groups in total. The average Bonchev–Trinajstić information content (AvgIpc) is 3.12. The molecule has 0 spiro atoms. The number of nitrogens with zero attached hydrogens (tertiary/aromatic N) is 4. The summed E-state index contributed by atoms with van der Waals surface area (Å²) in [4.78, 5) is 19.0. The number of amides is 1. The molecule has 0 unspecified atom stereocenters. The van der Waals surface area contributed by atoms with Gasteiger partial charge >= 0.3 is 6.03 Å². The smallest absolute Gasteiger partial charge is 0.333 e. The zero-order valence-corrected chi connectivity index (χ0v) is 17.9. The van der Waals surface area contributed by atoms with Crippen LogP contribution in [-0.2, 0) is 0 Å². The first-order valence-corrected chi connectivity index (χ1v) is 10.5. The number of carbonyl (C=O) groups is 1. The predicted molar refractivity (Wildman–Crippen MR) is 117 cm³/mol. The lowest BCUT2D eigenvalue weighted by atomic mass is 10.0. The Labute approximate surface area is 180 Å². The lowest BCUT2D eigenvalue weighted by molar-refractivity contribution is 0.102. The van der Waals surface area contributed by atoms with Crippen molar-refractivity contribution in [1.82, 2.24) is 25.0 Å². The fraction of sp³-hybridized carbons (Fsp3) is 0.409. The largest absolute Gasteiger partial charge is 0.342 e. The number of carbonyl (C=O) groups excluding carboxylic acids is 1. The molecule has 1 aliphatic heterocycles. The third kappa shape index (κ3) is 4.79. The molecule has 8 heteroatoms. The highest BCUT2D eigenvalue weighted by molar-refractivity contribution is 6.30. The molecule has 0 atom stereocenters. The van der Waals surface area contributed by atoms with Crippen LogP contribution in [0.3, 0.4) is 0 Å². The molecule has 3 aromatic rings. The molecule has 0 aliphatic carbocycles. The van der Waals surface area contributed by atoms with Crippen LogP contribution in [0.25, 0.3) is 22.0 Å². The topological polar surface area (TPSA) is 63.1 Å². The summed E-state index contributed by atoms with van der Waals surface area (Å²) in [5, 5.41) is 8.78. The van der Waals surface area contributed by atoms with Gasteiger partial charge < -0.3 is 10.2 Å². The highest BCUT2D eigenvalue weighted by atomic mass is 35.5. The van der Waals surface area contributed by atoms with E-state index in [2.05, 4.69) is 20.3 Å². The minimum atomic E-state index is -1.20. The zero-order chi connectivity index (χ0) is 21.3. The number of nitrogens with one attached hydrogen (secondary N) is 1. The molecule has 4 rings (SSSR count). The Kier molecular flexibility index (Phi) is 5.75. The predicted octanol–water partition coefficient (Wildman–Crippen LogP) is 4.52. The number of pyridine rings is 1. The third-order valence-electron chi connectivity index (χ3n) is 5.31. The Morgan fingerprint density at radius 1 is 1.20 bits per heavy atom. The van der Waals surface area contributed by atoms with Crippen molar-refractivity contribution in [3.05, 3.63) is 47.9 Å². The Morgan fingerprint density at radius 3 is 2.67 bits per heavy atom. The number of hydrogen-bond donors (Lipinski definition) is 1. The van der Waals surface area contributed by atoms with Gasteiger partial charge in [0.25, 0.3) is 0 Å². The van der Waals surface area contributed by atoms with E-state index in [9.17, 15) is 9.18 Å². The lowest BCUT2D eigenvalue weighted by Crippen LogP contribution is -2.48. The summed E-state index contributed by atoms with van der Waals surface area (Å²) in [6.07, 6.45) is 6.62. The molecule has 1 aliphatic rings. The van der Waals surface area contributed by atoms with Crippen molar-refractivity contribution in [1.29, 1.82) is 0 Å². The van der Waals surface area contributed by atoms with Crippen molar-refractivity contribution < 1.29 is 9.18 Å². The van der Waals surface area contributed by atoms with Gasteiger partial charge in [0.15, 0.2) is 0 Å². The van der Waals surface area contributed by atoms with Gasteiger partial charge in [-0.1, -0.05) is 17.7 Å².